The quantitative estimate of drug-likeness (QED) is 0.587. The van der Waals surface area contributed by atoms with Crippen molar-refractivity contribution < 1.29 is 14.3 Å². The molecule has 1 atom stereocenters. The molecule has 0 heterocycles. The number of likely N-dealkylation sites (N-methyl/N-ethyl adjacent to an activating group) is 1. The Morgan fingerprint density at radius 2 is 2.10 bits per heavy atom. The van der Waals surface area contributed by atoms with Crippen LogP contribution in [0.4, 0.5) is 5.69 Å². The maximum Gasteiger partial charge on any atom is 0.325 e. The lowest BCUT2D eigenvalue weighted by Gasteiger charge is -2.25. The second-order valence-corrected chi connectivity index (χ2v) is 5.42. The summed E-state index contributed by atoms with van der Waals surface area (Å²) in [5.74, 6) is 0.588. The molecule has 0 spiro atoms. The van der Waals surface area contributed by atoms with Crippen LogP contribution in [0.2, 0.25) is 0 Å². The molecule has 1 aromatic rings. The molecule has 0 saturated heterocycles. The minimum absolute atomic E-state index is 0.250. The number of carbonyl (C=O) groups is 1. The van der Waals surface area contributed by atoms with Crippen LogP contribution < -0.4 is 15.0 Å². The summed E-state index contributed by atoms with van der Waals surface area (Å²) in [6.07, 6.45) is 1.42. The zero-order valence-corrected chi connectivity index (χ0v) is 13.6. The van der Waals surface area contributed by atoms with E-state index in [4.69, 9.17) is 9.47 Å². The molecular weight excluding hydrogens is 268 g/mol. The zero-order valence-electron chi connectivity index (χ0n) is 13.6. The van der Waals surface area contributed by atoms with Gasteiger partial charge in [0.05, 0.1) is 13.7 Å². The first-order valence-electron chi connectivity index (χ1n) is 7.10. The monoisotopic (exact) mass is 294 g/mol. The molecule has 5 nitrogen and oxygen atoms in total. The predicted octanol–water partition coefficient (Wildman–Crippen LogP) is 2.06. The highest BCUT2D eigenvalue weighted by Crippen LogP contribution is 2.20. The van der Waals surface area contributed by atoms with E-state index >= 15 is 0 Å². The van der Waals surface area contributed by atoms with Gasteiger partial charge < -0.3 is 19.7 Å². The molecule has 1 rings (SSSR count). The predicted molar refractivity (Wildman–Crippen MR) is 85.0 cm³/mol. The Hall–Kier alpha value is -1.75. The van der Waals surface area contributed by atoms with Crippen LogP contribution in [0.15, 0.2) is 24.3 Å². The highest BCUT2D eigenvalue weighted by Gasteiger charge is 2.31. The zero-order chi connectivity index (χ0) is 15.9. The van der Waals surface area contributed by atoms with Crippen LogP contribution in [-0.2, 0) is 9.53 Å². The second-order valence-electron chi connectivity index (χ2n) is 5.42. The molecule has 0 aromatic heterocycles. The van der Waals surface area contributed by atoms with Gasteiger partial charge in [-0.15, -0.1) is 0 Å². The molecule has 5 heteroatoms. The van der Waals surface area contributed by atoms with E-state index in [0.717, 1.165) is 17.9 Å². The largest absolute Gasteiger partial charge is 0.494 e. The minimum atomic E-state index is -0.663. The summed E-state index contributed by atoms with van der Waals surface area (Å²) < 4.78 is 10.6. The van der Waals surface area contributed by atoms with Crippen LogP contribution in [0.3, 0.4) is 0 Å². The van der Waals surface area contributed by atoms with Gasteiger partial charge in [-0.3, -0.25) is 4.79 Å². The third-order valence-electron chi connectivity index (χ3n) is 3.61. The summed E-state index contributed by atoms with van der Waals surface area (Å²) in [7, 11) is 7.15. The summed E-state index contributed by atoms with van der Waals surface area (Å²) in [6, 6.07) is 7.93. The van der Waals surface area contributed by atoms with Gasteiger partial charge in [0.1, 0.15) is 11.3 Å². The average Bonchev–Trinajstić information content (AvgIpc) is 2.50. The summed E-state index contributed by atoms with van der Waals surface area (Å²) >= 11 is 0. The molecule has 21 heavy (non-hydrogen) atoms. The van der Waals surface area contributed by atoms with Gasteiger partial charge in [0.25, 0.3) is 0 Å². The lowest BCUT2D eigenvalue weighted by atomic mass is 9.96. The number of anilines is 1. The van der Waals surface area contributed by atoms with E-state index in [1.807, 2.05) is 50.2 Å². The number of ether oxygens (including phenoxy) is 2. The highest BCUT2D eigenvalue weighted by molar-refractivity contribution is 5.80. The molecule has 118 valence electrons. The Labute approximate surface area is 127 Å². The first-order chi connectivity index (χ1) is 9.92. The van der Waals surface area contributed by atoms with Gasteiger partial charge in [-0.05, 0) is 38.9 Å². The Morgan fingerprint density at radius 3 is 2.67 bits per heavy atom. The highest BCUT2D eigenvalue weighted by atomic mass is 16.5. The lowest BCUT2D eigenvalue weighted by Crippen LogP contribution is -2.48. The number of esters is 1. The van der Waals surface area contributed by atoms with Crippen molar-refractivity contribution in [3.8, 4) is 5.75 Å². The van der Waals surface area contributed by atoms with E-state index in [2.05, 4.69) is 5.32 Å². The third-order valence-corrected chi connectivity index (χ3v) is 3.61. The Morgan fingerprint density at radius 1 is 1.38 bits per heavy atom. The standard InChI is InChI=1S/C16H26N2O3/c1-16(17-2,15(19)20-5)10-7-11-21-14-9-6-8-13(12-14)18(3)4/h6,8-9,12,17H,7,10-11H2,1-5H3. The maximum absolute atomic E-state index is 11.7. The number of rotatable bonds is 8. The SMILES string of the molecule is CNC(C)(CCCOc1cccc(N(C)C)c1)C(=O)OC. The van der Waals surface area contributed by atoms with E-state index in [-0.39, 0.29) is 5.97 Å². The van der Waals surface area contributed by atoms with Crippen LogP contribution in [0.1, 0.15) is 19.8 Å². The first kappa shape index (κ1) is 17.3. The van der Waals surface area contributed by atoms with Gasteiger partial charge >= 0.3 is 5.97 Å². The molecule has 1 aromatic carbocycles. The van der Waals surface area contributed by atoms with Crippen LogP contribution in [-0.4, -0.2) is 46.4 Å². The van der Waals surface area contributed by atoms with Crippen molar-refractivity contribution in [1.29, 1.82) is 0 Å². The molecule has 0 radical (unpaired) electrons. The number of carbonyl (C=O) groups excluding carboxylic acids is 1. The summed E-state index contributed by atoms with van der Waals surface area (Å²) in [5, 5.41) is 3.02. The molecule has 0 saturated carbocycles. The number of methoxy groups -OCH3 is 1. The second kappa shape index (κ2) is 7.88. The molecule has 1 unspecified atom stereocenters. The number of hydrogen-bond acceptors (Lipinski definition) is 5. The van der Waals surface area contributed by atoms with E-state index in [1.165, 1.54) is 7.11 Å². The first-order valence-corrected chi connectivity index (χ1v) is 7.10. The average molecular weight is 294 g/mol. The maximum atomic E-state index is 11.7. The molecule has 0 aliphatic heterocycles. The topological polar surface area (TPSA) is 50.8 Å². The van der Waals surface area contributed by atoms with Crippen molar-refractivity contribution in [1.82, 2.24) is 5.32 Å². The van der Waals surface area contributed by atoms with Gasteiger partial charge in [-0.25, -0.2) is 0 Å². The van der Waals surface area contributed by atoms with Crippen molar-refractivity contribution in [2.24, 2.45) is 0 Å². The van der Waals surface area contributed by atoms with Crippen LogP contribution in [0.25, 0.3) is 0 Å². The fraction of sp³-hybridized carbons (Fsp3) is 0.562. The third kappa shape index (κ3) is 4.93. The minimum Gasteiger partial charge on any atom is -0.494 e. The van der Waals surface area contributed by atoms with Gasteiger partial charge in [-0.1, -0.05) is 6.07 Å². The van der Waals surface area contributed by atoms with E-state index in [1.54, 1.807) is 7.05 Å². The van der Waals surface area contributed by atoms with Crippen LogP contribution in [0.5, 0.6) is 5.75 Å². The number of nitrogens with one attached hydrogen (secondary N) is 1. The fourth-order valence-electron chi connectivity index (χ4n) is 2.02. The van der Waals surface area contributed by atoms with Crippen molar-refractivity contribution in [3.05, 3.63) is 24.3 Å². The smallest absolute Gasteiger partial charge is 0.325 e. The summed E-state index contributed by atoms with van der Waals surface area (Å²) in [6.45, 7) is 2.40. The van der Waals surface area contributed by atoms with E-state index < -0.39 is 5.54 Å². The molecule has 0 aliphatic rings. The van der Waals surface area contributed by atoms with E-state index in [0.29, 0.717) is 13.0 Å². The van der Waals surface area contributed by atoms with Crippen LogP contribution in [0, 0.1) is 0 Å². The number of nitrogens with zero attached hydrogens (tertiary/aromatic N) is 1. The van der Waals surface area contributed by atoms with Crippen molar-refractivity contribution >= 4 is 11.7 Å². The van der Waals surface area contributed by atoms with Gasteiger partial charge in [-0.2, -0.15) is 0 Å². The fourth-order valence-corrected chi connectivity index (χ4v) is 2.02. The Bertz CT molecular complexity index is 463. The summed E-state index contributed by atoms with van der Waals surface area (Å²) in [5.41, 5.74) is 0.436. The molecule has 0 bridgehead atoms. The van der Waals surface area contributed by atoms with Crippen molar-refractivity contribution in [2.75, 3.05) is 39.8 Å². The molecule has 0 aliphatic carbocycles. The molecular formula is C16H26N2O3. The molecule has 0 amide bonds. The number of benzene rings is 1. The van der Waals surface area contributed by atoms with Crippen molar-refractivity contribution in [2.45, 2.75) is 25.3 Å². The van der Waals surface area contributed by atoms with Gasteiger partial charge in [0.15, 0.2) is 0 Å². The molecule has 0 fully saturated rings. The van der Waals surface area contributed by atoms with E-state index in [9.17, 15) is 4.79 Å². The Balaban J connectivity index is 2.47. The molecule has 1 N–H and O–H groups in total. The van der Waals surface area contributed by atoms with Crippen LogP contribution >= 0.6 is 0 Å². The Kier molecular flexibility index (Phi) is 6.49. The normalized spacial score (nSPS) is 13.4. The van der Waals surface area contributed by atoms with Crippen molar-refractivity contribution in [3.63, 3.8) is 0 Å². The van der Waals surface area contributed by atoms with Gasteiger partial charge in [0, 0.05) is 25.8 Å². The summed E-state index contributed by atoms with van der Waals surface area (Å²) in [4.78, 5) is 13.7. The number of hydrogen-bond donors (Lipinski definition) is 1. The van der Waals surface area contributed by atoms with Gasteiger partial charge in [0.2, 0.25) is 0 Å². The lowest BCUT2D eigenvalue weighted by molar-refractivity contribution is -0.148.